The predicted molar refractivity (Wildman–Crippen MR) is 96.0 cm³/mol. The molecule has 2 aromatic carbocycles. The van der Waals surface area contributed by atoms with Crippen molar-refractivity contribution in [1.29, 1.82) is 0 Å². The van der Waals surface area contributed by atoms with Gasteiger partial charge in [0.25, 0.3) is 0 Å². The van der Waals surface area contributed by atoms with Crippen LogP contribution in [0.25, 0.3) is 22.0 Å². The molecule has 0 aliphatic rings. The summed E-state index contributed by atoms with van der Waals surface area (Å²) in [5.41, 5.74) is 1.78. The van der Waals surface area contributed by atoms with E-state index in [-0.39, 0.29) is 6.10 Å². The van der Waals surface area contributed by atoms with Crippen molar-refractivity contribution in [3.8, 4) is 28.5 Å². The first-order chi connectivity index (χ1) is 11.6. The second-order valence-electron chi connectivity index (χ2n) is 5.78. The van der Waals surface area contributed by atoms with Crippen LogP contribution in [-0.4, -0.2) is 25.3 Å². The normalized spacial score (nSPS) is 10.9. The van der Waals surface area contributed by atoms with E-state index in [1.807, 2.05) is 62.5 Å². The summed E-state index contributed by atoms with van der Waals surface area (Å²) >= 11 is 0. The van der Waals surface area contributed by atoms with Gasteiger partial charge in [0.1, 0.15) is 17.2 Å². The molecule has 0 amide bonds. The summed E-state index contributed by atoms with van der Waals surface area (Å²) in [7, 11) is 3.32. The van der Waals surface area contributed by atoms with Crippen LogP contribution in [0.4, 0.5) is 0 Å². The van der Waals surface area contributed by atoms with Crippen LogP contribution >= 0.6 is 0 Å². The van der Waals surface area contributed by atoms with E-state index in [0.717, 1.165) is 39.3 Å². The van der Waals surface area contributed by atoms with Crippen LogP contribution in [0.2, 0.25) is 0 Å². The molecule has 0 atom stereocenters. The van der Waals surface area contributed by atoms with Crippen molar-refractivity contribution in [2.24, 2.45) is 0 Å². The van der Waals surface area contributed by atoms with Crippen molar-refractivity contribution in [3.63, 3.8) is 0 Å². The van der Waals surface area contributed by atoms with Crippen molar-refractivity contribution in [2.75, 3.05) is 14.2 Å². The maximum Gasteiger partial charge on any atom is 0.153 e. The molecule has 0 unspecified atom stereocenters. The fraction of sp³-hybridized carbons (Fsp3) is 0.250. The maximum absolute atomic E-state index is 5.69. The highest BCUT2D eigenvalue weighted by Crippen LogP contribution is 2.36. The number of fused-ring (bicyclic) bond motifs is 1. The van der Waals surface area contributed by atoms with Crippen LogP contribution in [0, 0.1) is 0 Å². The summed E-state index contributed by atoms with van der Waals surface area (Å²) in [6.07, 6.45) is 2.00. The second-order valence-corrected chi connectivity index (χ2v) is 5.78. The van der Waals surface area contributed by atoms with Gasteiger partial charge in [0, 0.05) is 22.5 Å². The van der Waals surface area contributed by atoms with Gasteiger partial charge >= 0.3 is 0 Å². The summed E-state index contributed by atoms with van der Waals surface area (Å²) in [5, 5.41) is 1.99. The SMILES string of the molecule is COc1ccc2cnc(-c3ccc(OC(C)C)cc3)c(OC)c2c1. The molecule has 0 saturated heterocycles. The Morgan fingerprint density at radius 1 is 0.875 bits per heavy atom. The average Bonchev–Trinajstić information content (AvgIpc) is 2.60. The molecule has 0 aliphatic heterocycles. The Hall–Kier alpha value is -2.75. The van der Waals surface area contributed by atoms with E-state index in [1.54, 1.807) is 14.2 Å². The van der Waals surface area contributed by atoms with E-state index in [9.17, 15) is 0 Å². The fourth-order valence-corrected chi connectivity index (χ4v) is 2.67. The Balaban J connectivity index is 2.08. The lowest BCUT2D eigenvalue weighted by Gasteiger charge is -2.13. The fourth-order valence-electron chi connectivity index (χ4n) is 2.67. The van der Waals surface area contributed by atoms with E-state index >= 15 is 0 Å². The highest BCUT2D eigenvalue weighted by molar-refractivity contribution is 5.94. The molecule has 24 heavy (non-hydrogen) atoms. The van der Waals surface area contributed by atoms with E-state index in [0.29, 0.717) is 0 Å². The number of rotatable bonds is 5. The molecule has 1 aromatic heterocycles. The van der Waals surface area contributed by atoms with Gasteiger partial charge in [-0.15, -0.1) is 0 Å². The van der Waals surface area contributed by atoms with Gasteiger partial charge in [-0.3, -0.25) is 4.98 Å². The highest BCUT2D eigenvalue weighted by Gasteiger charge is 2.13. The minimum absolute atomic E-state index is 0.150. The van der Waals surface area contributed by atoms with Crippen molar-refractivity contribution < 1.29 is 14.2 Å². The monoisotopic (exact) mass is 323 g/mol. The van der Waals surface area contributed by atoms with Gasteiger partial charge in [-0.25, -0.2) is 0 Å². The number of methoxy groups -OCH3 is 2. The molecule has 0 spiro atoms. The third kappa shape index (κ3) is 3.13. The van der Waals surface area contributed by atoms with Crippen molar-refractivity contribution in [3.05, 3.63) is 48.7 Å². The molecule has 3 aromatic rings. The molecule has 124 valence electrons. The van der Waals surface area contributed by atoms with Crippen LogP contribution < -0.4 is 14.2 Å². The van der Waals surface area contributed by atoms with Crippen LogP contribution in [-0.2, 0) is 0 Å². The molecule has 3 rings (SSSR count). The zero-order valence-corrected chi connectivity index (χ0v) is 14.4. The Bertz CT molecular complexity index is 841. The lowest BCUT2D eigenvalue weighted by atomic mass is 10.1. The first-order valence-electron chi connectivity index (χ1n) is 7.90. The number of aromatic nitrogens is 1. The molecule has 0 aliphatic carbocycles. The third-order valence-corrected chi connectivity index (χ3v) is 3.76. The largest absolute Gasteiger partial charge is 0.497 e. The number of ether oxygens (including phenoxy) is 3. The lowest BCUT2D eigenvalue weighted by molar-refractivity contribution is 0.242. The van der Waals surface area contributed by atoms with Gasteiger partial charge in [-0.05, 0) is 56.3 Å². The lowest BCUT2D eigenvalue weighted by Crippen LogP contribution is -2.05. The molecule has 0 radical (unpaired) electrons. The zero-order valence-electron chi connectivity index (χ0n) is 14.4. The molecular formula is C20H21NO3. The van der Waals surface area contributed by atoms with E-state index < -0.39 is 0 Å². The quantitative estimate of drug-likeness (QED) is 0.682. The first-order valence-corrected chi connectivity index (χ1v) is 7.90. The molecule has 0 fully saturated rings. The number of pyridine rings is 1. The topological polar surface area (TPSA) is 40.6 Å². The van der Waals surface area contributed by atoms with Crippen LogP contribution in [0.3, 0.4) is 0 Å². The Labute approximate surface area is 142 Å². The summed E-state index contributed by atoms with van der Waals surface area (Å²) in [6.45, 7) is 4.02. The molecule has 4 nitrogen and oxygen atoms in total. The predicted octanol–water partition coefficient (Wildman–Crippen LogP) is 4.71. The van der Waals surface area contributed by atoms with Crippen molar-refractivity contribution >= 4 is 10.8 Å². The van der Waals surface area contributed by atoms with Gasteiger partial charge in [0.2, 0.25) is 0 Å². The van der Waals surface area contributed by atoms with Crippen LogP contribution in [0.1, 0.15) is 13.8 Å². The Morgan fingerprint density at radius 3 is 2.21 bits per heavy atom. The summed E-state index contributed by atoms with van der Waals surface area (Å²) in [5.74, 6) is 2.37. The second kappa shape index (κ2) is 6.79. The Kier molecular flexibility index (Phi) is 4.56. The summed E-state index contributed by atoms with van der Waals surface area (Å²) < 4.78 is 16.7. The van der Waals surface area contributed by atoms with E-state index in [2.05, 4.69) is 4.98 Å². The molecule has 0 saturated carbocycles. The Morgan fingerprint density at radius 2 is 1.58 bits per heavy atom. The van der Waals surface area contributed by atoms with Crippen molar-refractivity contribution in [1.82, 2.24) is 4.98 Å². The minimum atomic E-state index is 0.150. The minimum Gasteiger partial charge on any atom is -0.497 e. The molecule has 1 heterocycles. The number of benzene rings is 2. The summed E-state index contributed by atoms with van der Waals surface area (Å²) in [4.78, 5) is 4.59. The van der Waals surface area contributed by atoms with Gasteiger partial charge in [-0.2, -0.15) is 0 Å². The van der Waals surface area contributed by atoms with Gasteiger partial charge in [-0.1, -0.05) is 0 Å². The van der Waals surface area contributed by atoms with Gasteiger partial charge in [0.15, 0.2) is 5.75 Å². The van der Waals surface area contributed by atoms with Crippen molar-refractivity contribution in [2.45, 2.75) is 20.0 Å². The molecular weight excluding hydrogens is 302 g/mol. The number of nitrogens with zero attached hydrogens (tertiary/aromatic N) is 1. The zero-order chi connectivity index (χ0) is 17.1. The average molecular weight is 323 g/mol. The van der Waals surface area contributed by atoms with E-state index in [1.165, 1.54) is 0 Å². The smallest absolute Gasteiger partial charge is 0.153 e. The molecule has 0 bridgehead atoms. The van der Waals surface area contributed by atoms with Crippen LogP contribution in [0.15, 0.2) is 48.7 Å². The number of hydrogen-bond donors (Lipinski definition) is 0. The standard InChI is InChI=1S/C20H21NO3/c1-13(2)24-16-8-5-14(6-9-16)19-20(23-4)18-11-17(22-3)10-7-15(18)12-21-19/h5-13H,1-4H3. The van der Waals surface area contributed by atoms with Gasteiger partial charge < -0.3 is 14.2 Å². The first kappa shape index (κ1) is 16.1. The highest BCUT2D eigenvalue weighted by atomic mass is 16.5. The third-order valence-electron chi connectivity index (χ3n) is 3.76. The maximum atomic E-state index is 5.69. The number of hydrogen-bond acceptors (Lipinski definition) is 4. The molecule has 0 N–H and O–H groups in total. The van der Waals surface area contributed by atoms with Crippen LogP contribution in [0.5, 0.6) is 17.2 Å². The van der Waals surface area contributed by atoms with E-state index in [4.69, 9.17) is 14.2 Å². The molecule has 4 heteroatoms. The summed E-state index contributed by atoms with van der Waals surface area (Å²) in [6, 6.07) is 13.8. The van der Waals surface area contributed by atoms with Gasteiger partial charge in [0.05, 0.1) is 20.3 Å².